The maximum absolute atomic E-state index is 4.59. The van der Waals surface area contributed by atoms with Crippen molar-refractivity contribution in [2.75, 3.05) is 0 Å². The minimum Gasteiger partial charge on any atom is -0.0991 e. The van der Waals surface area contributed by atoms with E-state index >= 15 is 0 Å². The molecule has 1 atom stereocenters. The van der Waals surface area contributed by atoms with Crippen LogP contribution in [0.15, 0.2) is 128 Å². The van der Waals surface area contributed by atoms with Crippen LogP contribution in [-0.4, -0.2) is 0 Å². The highest BCUT2D eigenvalue weighted by molar-refractivity contribution is 6.03. The van der Waals surface area contributed by atoms with Crippen LogP contribution in [0.3, 0.4) is 0 Å². The van der Waals surface area contributed by atoms with Gasteiger partial charge in [-0.2, -0.15) is 0 Å². The van der Waals surface area contributed by atoms with Crippen LogP contribution in [0.25, 0.3) is 28.3 Å². The fourth-order valence-corrected chi connectivity index (χ4v) is 6.12. The number of hydrogen-bond acceptors (Lipinski definition) is 0. The second kappa shape index (κ2) is 9.13. The smallest absolute Gasteiger partial charge is 0.0722 e. The van der Waals surface area contributed by atoms with Crippen molar-refractivity contribution in [3.63, 3.8) is 0 Å². The summed E-state index contributed by atoms with van der Waals surface area (Å²) < 4.78 is 0. The van der Waals surface area contributed by atoms with E-state index in [9.17, 15) is 0 Å². The summed E-state index contributed by atoms with van der Waals surface area (Å²) >= 11 is 0. The van der Waals surface area contributed by atoms with Gasteiger partial charge in [0.25, 0.3) is 0 Å². The van der Waals surface area contributed by atoms with Crippen molar-refractivity contribution in [1.29, 1.82) is 0 Å². The highest BCUT2D eigenvalue weighted by Crippen LogP contribution is 2.64. The van der Waals surface area contributed by atoms with E-state index in [-0.39, 0.29) is 0 Å². The molecule has 0 heteroatoms. The first-order chi connectivity index (χ1) is 17.5. The Morgan fingerprint density at radius 2 is 1.47 bits per heavy atom. The van der Waals surface area contributed by atoms with E-state index in [4.69, 9.17) is 0 Å². The van der Waals surface area contributed by atoms with Gasteiger partial charge in [-0.1, -0.05) is 111 Å². The zero-order chi connectivity index (χ0) is 25.4. The van der Waals surface area contributed by atoms with Crippen LogP contribution in [-0.2, 0) is 5.41 Å². The molecule has 0 nitrogen and oxygen atoms in total. The molecule has 3 aromatic rings. The van der Waals surface area contributed by atoms with E-state index in [1.165, 1.54) is 61.2 Å². The van der Waals surface area contributed by atoms with E-state index in [0.717, 1.165) is 5.57 Å². The first kappa shape index (κ1) is 23.6. The molecule has 0 saturated heterocycles. The van der Waals surface area contributed by atoms with Crippen molar-refractivity contribution in [2.24, 2.45) is 0 Å². The highest BCUT2D eigenvalue weighted by atomic mass is 14.5. The summed E-state index contributed by atoms with van der Waals surface area (Å²) in [7, 11) is 0. The Bertz CT molecular complexity index is 1550. The van der Waals surface area contributed by atoms with Gasteiger partial charge in [-0.25, -0.2) is 0 Å². The number of fused-ring (bicyclic) bond motifs is 4. The molecule has 176 valence electrons. The molecular weight excluding hydrogens is 432 g/mol. The quantitative estimate of drug-likeness (QED) is 0.360. The van der Waals surface area contributed by atoms with Gasteiger partial charge in [0.1, 0.15) is 0 Å². The maximum atomic E-state index is 4.59. The Balaban J connectivity index is 1.87. The number of aryl methyl sites for hydroxylation is 1. The van der Waals surface area contributed by atoms with Crippen LogP contribution in [0.4, 0.5) is 0 Å². The zero-order valence-corrected chi connectivity index (χ0v) is 21.4. The van der Waals surface area contributed by atoms with Gasteiger partial charge in [0.2, 0.25) is 0 Å². The molecule has 0 saturated carbocycles. The molecule has 5 rings (SSSR count). The van der Waals surface area contributed by atoms with Crippen molar-refractivity contribution < 1.29 is 0 Å². The van der Waals surface area contributed by atoms with Crippen LogP contribution in [0.1, 0.15) is 47.2 Å². The molecule has 3 aromatic carbocycles. The maximum Gasteiger partial charge on any atom is 0.0722 e. The number of hydrogen-bond donors (Lipinski definition) is 0. The Kier molecular flexibility index (Phi) is 5.98. The minimum atomic E-state index is -0.437. The number of allylic oxidation sites excluding steroid dienone is 10. The van der Waals surface area contributed by atoms with Gasteiger partial charge in [-0.3, -0.25) is 0 Å². The van der Waals surface area contributed by atoms with Crippen LogP contribution in [0.5, 0.6) is 0 Å². The molecule has 2 aliphatic rings. The summed E-state index contributed by atoms with van der Waals surface area (Å²) in [5, 5.41) is 0. The fraction of sp³-hybridized carbons (Fsp3) is 0.111. The van der Waals surface area contributed by atoms with Gasteiger partial charge in [-0.05, 0) is 99.7 Å². The average Bonchev–Trinajstić information content (AvgIpc) is 3.31. The minimum absolute atomic E-state index is 0.437. The lowest BCUT2D eigenvalue weighted by molar-refractivity contribution is 0.794. The largest absolute Gasteiger partial charge is 0.0991 e. The molecule has 0 aliphatic heterocycles. The summed E-state index contributed by atoms with van der Waals surface area (Å²) in [4.78, 5) is 0. The molecule has 0 bridgehead atoms. The van der Waals surface area contributed by atoms with Crippen molar-refractivity contribution in [1.82, 2.24) is 0 Å². The summed E-state index contributed by atoms with van der Waals surface area (Å²) in [6.45, 7) is 19.0. The Morgan fingerprint density at radius 3 is 2.19 bits per heavy atom. The third-order valence-corrected chi connectivity index (χ3v) is 7.61. The lowest BCUT2D eigenvalue weighted by Crippen LogP contribution is -2.26. The monoisotopic (exact) mass is 464 g/mol. The Labute approximate surface area is 215 Å². The Hall–Kier alpha value is -4.16. The molecule has 0 aromatic heterocycles. The topological polar surface area (TPSA) is 0 Å². The molecule has 36 heavy (non-hydrogen) atoms. The van der Waals surface area contributed by atoms with Gasteiger partial charge in [-0.15, -0.1) is 0 Å². The normalized spacial score (nSPS) is 21.6. The highest BCUT2D eigenvalue weighted by Gasteiger charge is 2.54. The van der Waals surface area contributed by atoms with E-state index in [0.29, 0.717) is 0 Å². The lowest BCUT2D eigenvalue weighted by atomic mass is 9.69. The average molecular weight is 465 g/mol. The zero-order valence-electron chi connectivity index (χ0n) is 21.4. The van der Waals surface area contributed by atoms with Crippen molar-refractivity contribution in [2.45, 2.75) is 26.2 Å². The predicted molar refractivity (Wildman–Crippen MR) is 158 cm³/mol. The molecular formula is C36H32. The number of rotatable bonds is 4. The van der Waals surface area contributed by atoms with E-state index in [1.54, 1.807) is 0 Å². The van der Waals surface area contributed by atoms with Crippen LogP contribution >= 0.6 is 0 Å². The lowest BCUT2D eigenvalue weighted by Gasteiger charge is -2.31. The third kappa shape index (κ3) is 3.22. The van der Waals surface area contributed by atoms with Gasteiger partial charge in [0.15, 0.2) is 0 Å². The summed E-state index contributed by atoms with van der Waals surface area (Å²) in [6.07, 6.45) is 14.6. The number of benzene rings is 3. The molecule has 0 N–H and O–H groups in total. The fourth-order valence-electron chi connectivity index (χ4n) is 6.12. The van der Waals surface area contributed by atoms with E-state index in [1.807, 2.05) is 12.2 Å². The van der Waals surface area contributed by atoms with Gasteiger partial charge in [0.05, 0.1) is 5.41 Å². The molecule has 1 unspecified atom stereocenters. The molecule has 0 heterocycles. The van der Waals surface area contributed by atoms with Gasteiger partial charge in [0, 0.05) is 0 Å². The van der Waals surface area contributed by atoms with Crippen molar-refractivity contribution in [3.05, 3.63) is 161 Å². The first-order valence-corrected chi connectivity index (χ1v) is 12.5. The van der Waals surface area contributed by atoms with Crippen LogP contribution in [0.2, 0.25) is 0 Å². The van der Waals surface area contributed by atoms with Crippen LogP contribution < -0.4 is 0 Å². The summed E-state index contributed by atoms with van der Waals surface area (Å²) in [5.74, 6) is 0. The van der Waals surface area contributed by atoms with Crippen molar-refractivity contribution >= 4 is 17.2 Å². The third-order valence-electron chi connectivity index (χ3n) is 7.61. The first-order valence-electron chi connectivity index (χ1n) is 12.5. The molecule has 0 radical (unpaired) electrons. The second-order valence-corrected chi connectivity index (χ2v) is 9.44. The predicted octanol–water partition coefficient (Wildman–Crippen LogP) is 9.65. The molecule has 0 amide bonds. The summed E-state index contributed by atoms with van der Waals surface area (Å²) in [6, 6.07) is 22.3. The van der Waals surface area contributed by atoms with Gasteiger partial charge < -0.3 is 0 Å². The molecule has 2 aliphatic carbocycles. The van der Waals surface area contributed by atoms with E-state index in [2.05, 4.69) is 132 Å². The van der Waals surface area contributed by atoms with Crippen molar-refractivity contribution in [3.8, 4) is 11.1 Å². The molecule has 1 spiro atoms. The second-order valence-electron chi connectivity index (χ2n) is 9.44. The summed E-state index contributed by atoms with van der Waals surface area (Å²) in [5.41, 5.74) is 14.3. The standard InChI is InChI=1S/C36H32/c1-7-13-26-22-27(19-18-24(26)5)28-20-21-29-25(6)33(15-9-3)36(35(29)23-28)32(10-4)30(14-8-2)31-16-11-12-17-34(31)36/h7-23H,2-3,6H2,1,4-5H3/b13-7-,30-14-,32-10+,33-15+. The molecule has 0 fully saturated rings. The van der Waals surface area contributed by atoms with Crippen LogP contribution in [0, 0.1) is 6.92 Å². The van der Waals surface area contributed by atoms with Gasteiger partial charge >= 0.3 is 0 Å². The SMILES string of the molecule is C=C/C=C1\C(=C/C)C2(/C(=C/C=C)C(=C)c3ccc(-c4ccc(C)c(/C=C\C)c4)cc32)c2ccccc21. The van der Waals surface area contributed by atoms with E-state index < -0.39 is 5.41 Å². The Morgan fingerprint density at radius 1 is 0.750 bits per heavy atom.